The lowest BCUT2D eigenvalue weighted by Crippen LogP contribution is -2.59. The third-order valence-electron chi connectivity index (χ3n) is 8.59. The van der Waals surface area contributed by atoms with Gasteiger partial charge in [-0.05, 0) is 86.0 Å². The van der Waals surface area contributed by atoms with Gasteiger partial charge in [0.15, 0.2) is 0 Å². The van der Waals surface area contributed by atoms with Crippen LogP contribution in [0.25, 0.3) is 0 Å². The van der Waals surface area contributed by atoms with E-state index in [4.69, 9.17) is 4.98 Å². The molecule has 1 amide bonds. The minimum atomic E-state index is -0.665. The molecule has 7 heteroatoms. The lowest BCUT2D eigenvalue weighted by atomic mass is 9.53. The van der Waals surface area contributed by atoms with Crippen molar-refractivity contribution < 1.29 is 14.7 Å². The highest BCUT2D eigenvalue weighted by atomic mass is 32.2. The second kappa shape index (κ2) is 7.12. The first-order valence-corrected chi connectivity index (χ1v) is 12.9. The number of piperidine rings is 1. The summed E-state index contributed by atoms with van der Waals surface area (Å²) in [6.45, 7) is 3.59. The van der Waals surface area contributed by atoms with Crippen molar-refractivity contribution in [2.45, 2.75) is 56.0 Å². The summed E-state index contributed by atoms with van der Waals surface area (Å²) in [7, 11) is 0. The van der Waals surface area contributed by atoms with Crippen LogP contribution in [0.3, 0.4) is 0 Å². The van der Waals surface area contributed by atoms with Gasteiger partial charge in [0.25, 0.3) is 5.91 Å². The third-order valence-corrected chi connectivity index (χ3v) is 9.46. The number of pyridine rings is 1. The molecule has 166 valence electrons. The van der Waals surface area contributed by atoms with Gasteiger partial charge in [-0.15, -0.1) is 11.8 Å². The Balaban J connectivity index is 1.19. The van der Waals surface area contributed by atoms with Crippen molar-refractivity contribution in [2.75, 3.05) is 23.7 Å². The fourth-order valence-corrected chi connectivity index (χ4v) is 8.43. The molecule has 0 aromatic carbocycles. The van der Waals surface area contributed by atoms with Crippen molar-refractivity contribution in [3.8, 4) is 0 Å². The lowest BCUT2D eigenvalue weighted by Gasteiger charge is -2.56. The zero-order chi connectivity index (χ0) is 21.3. The van der Waals surface area contributed by atoms with Crippen LogP contribution in [0.5, 0.6) is 0 Å². The molecule has 6 aliphatic rings. The van der Waals surface area contributed by atoms with Gasteiger partial charge >= 0.3 is 5.97 Å². The summed E-state index contributed by atoms with van der Waals surface area (Å²) in [5.74, 6) is 3.83. The Kier molecular flexibility index (Phi) is 4.57. The van der Waals surface area contributed by atoms with E-state index in [9.17, 15) is 14.7 Å². The summed E-state index contributed by atoms with van der Waals surface area (Å²) < 4.78 is 0. The molecule has 4 bridgehead atoms. The van der Waals surface area contributed by atoms with Gasteiger partial charge in [-0.3, -0.25) is 9.59 Å². The average molecular weight is 442 g/mol. The monoisotopic (exact) mass is 441 g/mol. The van der Waals surface area contributed by atoms with Crippen LogP contribution in [0.2, 0.25) is 0 Å². The zero-order valence-electron chi connectivity index (χ0n) is 18.0. The minimum Gasteiger partial charge on any atom is -0.481 e. The number of hydrogen-bond donors (Lipinski definition) is 2. The van der Waals surface area contributed by atoms with Gasteiger partial charge in [-0.25, -0.2) is 4.98 Å². The van der Waals surface area contributed by atoms with Crippen LogP contribution in [0.4, 0.5) is 5.82 Å². The molecule has 5 aliphatic carbocycles. The third kappa shape index (κ3) is 3.35. The first-order valence-electron chi connectivity index (χ1n) is 11.9. The second-order valence-electron chi connectivity index (χ2n) is 10.7. The first kappa shape index (κ1) is 19.9. The zero-order valence-corrected chi connectivity index (χ0v) is 18.9. The maximum atomic E-state index is 13.4. The summed E-state index contributed by atoms with van der Waals surface area (Å²) in [5.41, 5.74) is 0.694. The van der Waals surface area contributed by atoms with Crippen LogP contribution in [0.15, 0.2) is 17.2 Å². The van der Waals surface area contributed by atoms with Gasteiger partial charge in [-0.1, -0.05) is 6.92 Å². The van der Waals surface area contributed by atoms with Gasteiger partial charge in [0.2, 0.25) is 0 Å². The number of hydrogen-bond acceptors (Lipinski definition) is 5. The minimum absolute atomic E-state index is 0.000725. The predicted molar refractivity (Wildman–Crippen MR) is 119 cm³/mol. The van der Waals surface area contributed by atoms with Crippen LogP contribution in [-0.4, -0.2) is 46.3 Å². The number of carbonyl (C=O) groups excluding carboxylic acids is 1. The normalized spacial score (nSPS) is 39.5. The molecule has 1 aliphatic heterocycles. The molecule has 1 unspecified atom stereocenters. The molecular formula is C24H31N3O3S. The van der Waals surface area contributed by atoms with E-state index in [2.05, 4.69) is 17.1 Å². The summed E-state index contributed by atoms with van der Waals surface area (Å²) in [6.07, 6.45) is 7.53. The van der Waals surface area contributed by atoms with Crippen LogP contribution < -0.4 is 10.2 Å². The first-order chi connectivity index (χ1) is 14.9. The molecule has 0 spiro atoms. The molecule has 1 aromatic heterocycles. The quantitative estimate of drug-likeness (QED) is 0.656. The van der Waals surface area contributed by atoms with E-state index in [1.165, 1.54) is 19.3 Å². The van der Waals surface area contributed by atoms with E-state index in [0.29, 0.717) is 5.56 Å². The van der Waals surface area contributed by atoms with Gasteiger partial charge in [0.1, 0.15) is 10.8 Å². The van der Waals surface area contributed by atoms with E-state index in [1.54, 1.807) is 11.8 Å². The number of amides is 1. The fraction of sp³-hybridized carbons (Fsp3) is 0.708. The number of aliphatic carboxylic acids is 1. The standard InChI is InChI=1S/C24H31N3O3S/c1-2-31-22-16(3-4-19(25-22)27-11-17-18(12-27)20(17)23(29)30)21(28)26-24-8-13-5-14(9-24)7-15(6-13)10-24/h3-4,13-15,17-18,20H,2,5-12H2,1H3,(H,26,28)(H,29,30)/t13?,14?,15?,17-,18+,20?,24?. The van der Waals surface area contributed by atoms with Crippen LogP contribution in [0, 0.1) is 35.5 Å². The maximum absolute atomic E-state index is 13.4. The van der Waals surface area contributed by atoms with Crippen molar-refractivity contribution >= 4 is 29.5 Å². The molecule has 3 atom stereocenters. The Morgan fingerprint density at radius 3 is 2.29 bits per heavy atom. The van der Waals surface area contributed by atoms with Crippen LogP contribution in [0.1, 0.15) is 55.8 Å². The molecule has 2 heterocycles. The van der Waals surface area contributed by atoms with Crippen molar-refractivity contribution in [3.05, 3.63) is 17.7 Å². The summed E-state index contributed by atoms with van der Waals surface area (Å²) in [6, 6.07) is 3.89. The average Bonchev–Trinajstić information content (AvgIpc) is 3.22. The van der Waals surface area contributed by atoms with Gasteiger partial charge in [-0.2, -0.15) is 0 Å². The van der Waals surface area contributed by atoms with Crippen LogP contribution in [-0.2, 0) is 4.79 Å². The molecule has 6 fully saturated rings. The van der Waals surface area contributed by atoms with E-state index in [0.717, 1.165) is 66.7 Å². The number of carbonyl (C=O) groups is 2. The van der Waals surface area contributed by atoms with Crippen LogP contribution >= 0.6 is 11.8 Å². The Morgan fingerprint density at radius 1 is 1.13 bits per heavy atom. The highest BCUT2D eigenvalue weighted by Gasteiger charge is 2.60. The molecule has 31 heavy (non-hydrogen) atoms. The molecule has 5 saturated carbocycles. The molecule has 1 aromatic rings. The van der Waals surface area contributed by atoms with Gasteiger partial charge in [0.05, 0.1) is 11.5 Å². The highest BCUT2D eigenvalue weighted by molar-refractivity contribution is 7.99. The fourth-order valence-electron chi connectivity index (χ4n) is 7.68. The molecule has 1 saturated heterocycles. The van der Waals surface area contributed by atoms with E-state index < -0.39 is 5.97 Å². The Labute approximate surface area is 187 Å². The van der Waals surface area contributed by atoms with Crippen molar-refractivity contribution in [3.63, 3.8) is 0 Å². The Hall–Kier alpha value is -1.76. The number of nitrogens with zero attached hydrogens (tertiary/aromatic N) is 2. The van der Waals surface area contributed by atoms with Crippen molar-refractivity contribution in [2.24, 2.45) is 35.5 Å². The molecular weight excluding hydrogens is 410 g/mol. The summed E-state index contributed by atoms with van der Waals surface area (Å²) in [5, 5.41) is 13.6. The number of carboxylic acids is 1. The molecule has 0 radical (unpaired) electrons. The molecule has 7 rings (SSSR count). The van der Waals surface area contributed by atoms with Gasteiger partial charge < -0.3 is 15.3 Å². The molecule has 2 N–H and O–H groups in total. The number of aromatic nitrogens is 1. The summed E-state index contributed by atoms with van der Waals surface area (Å²) in [4.78, 5) is 31.7. The predicted octanol–water partition coefficient (Wildman–Crippen LogP) is 3.66. The van der Waals surface area contributed by atoms with E-state index in [-0.39, 0.29) is 29.2 Å². The van der Waals surface area contributed by atoms with E-state index in [1.807, 2.05) is 12.1 Å². The second-order valence-corrected chi connectivity index (χ2v) is 12.0. The van der Waals surface area contributed by atoms with E-state index >= 15 is 0 Å². The van der Waals surface area contributed by atoms with Crippen molar-refractivity contribution in [1.29, 1.82) is 0 Å². The smallest absolute Gasteiger partial charge is 0.307 e. The van der Waals surface area contributed by atoms with Crippen molar-refractivity contribution in [1.82, 2.24) is 10.3 Å². The molecule has 6 nitrogen and oxygen atoms in total. The lowest BCUT2D eigenvalue weighted by molar-refractivity contribution is -0.139. The number of carboxylic acid groups (broad SMARTS) is 1. The Bertz CT molecular complexity index is 887. The number of anilines is 1. The topological polar surface area (TPSA) is 82.5 Å². The Morgan fingerprint density at radius 2 is 1.74 bits per heavy atom. The number of thioether (sulfide) groups is 1. The SMILES string of the molecule is CCSc1nc(N2C[C@@H]3C(C(=O)O)[C@@H]3C2)ccc1C(=O)NC12CC3CC(CC(C3)C1)C2. The number of fused-ring (bicyclic) bond motifs is 1. The highest BCUT2D eigenvalue weighted by Crippen LogP contribution is 2.56. The maximum Gasteiger partial charge on any atom is 0.307 e. The number of nitrogens with one attached hydrogen (secondary N) is 1. The number of rotatable bonds is 6. The summed E-state index contributed by atoms with van der Waals surface area (Å²) >= 11 is 1.62. The van der Waals surface area contributed by atoms with Gasteiger partial charge in [0, 0.05) is 18.6 Å². The largest absolute Gasteiger partial charge is 0.481 e.